The third-order valence-electron chi connectivity index (χ3n) is 8.27. The van der Waals surface area contributed by atoms with Gasteiger partial charge in [0.2, 0.25) is 17.7 Å². The Morgan fingerprint density at radius 3 is 1.96 bits per heavy atom. The molecular formula is C36H45N9O3. The van der Waals surface area contributed by atoms with E-state index in [1.165, 1.54) is 0 Å². The van der Waals surface area contributed by atoms with E-state index in [1.807, 2.05) is 88.5 Å². The van der Waals surface area contributed by atoms with E-state index in [1.54, 1.807) is 12.4 Å². The van der Waals surface area contributed by atoms with Gasteiger partial charge in [0.15, 0.2) is 0 Å². The van der Waals surface area contributed by atoms with Crippen LogP contribution in [0.2, 0.25) is 0 Å². The molecular weight excluding hydrogens is 606 g/mol. The Morgan fingerprint density at radius 2 is 1.31 bits per heavy atom. The molecule has 0 aliphatic rings. The number of nitrogens with two attached hydrogens (primary N) is 1. The lowest BCUT2D eigenvalue weighted by Gasteiger charge is -2.24. The molecule has 48 heavy (non-hydrogen) atoms. The zero-order valence-corrected chi connectivity index (χ0v) is 27.8. The summed E-state index contributed by atoms with van der Waals surface area (Å²) in [5.74, 6) is 0.604. The number of carbonyl (C=O) groups is 3. The van der Waals surface area contributed by atoms with Gasteiger partial charge in [-0.3, -0.25) is 14.4 Å². The minimum atomic E-state index is -1.02. The van der Waals surface area contributed by atoms with E-state index >= 15 is 0 Å². The molecule has 12 heteroatoms. The molecule has 12 nitrogen and oxygen atoms in total. The van der Waals surface area contributed by atoms with E-state index in [4.69, 9.17) is 5.73 Å². The molecule has 3 amide bonds. The van der Waals surface area contributed by atoms with Gasteiger partial charge < -0.3 is 36.6 Å². The number of fused-ring (bicyclic) bond motifs is 1. The number of carbonyl (C=O) groups excluding carboxylic acids is 3. The molecule has 3 atom stereocenters. The second-order valence-electron chi connectivity index (χ2n) is 12.8. The van der Waals surface area contributed by atoms with Crippen LogP contribution in [0.1, 0.15) is 73.7 Å². The van der Waals surface area contributed by atoms with Crippen LogP contribution in [0.5, 0.6) is 0 Å². The summed E-state index contributed by atoms with van der Waals surface area (Å²) in [6.45, 7) is 8.38. The van der Waals surface area contributed by atoms with Crippen LogP contribution in [0.15, 0.2) is 73.2 Å². The molecule has 5 rings (SSSR count). The van der Waals surface area contributed by atoms with Crippen molar-refractivity contribution in [3.05, 3.63) is 107 Å². The third kappa shape index (κ3) is 8.77. The van der Waals surface area contributed by atoms with Gasteiger partial charge in [0.25, 0.3) is 0 Å². The second kappa shape index (κ2) is 15.6. The molecule has 0 saturated heterocycles. The van der Waals surface area contributed by atoms with Crippen LogP contribution in [0.4, 0.5) is 0 Å². The van der Waals surface area contributed by atoms with Crippen molar-refractivity contribution in [3.63, 3.8) is 0 Å². The van der Waals surface area contributed by atoms with Crippen LogP contribution < -0.4 is 21.7 Å². The quantitative estimate of drug-likeness (QED) is 0.0908. The first-order valence-corrected chi connectivity index (χ1v) is 16.4. The van der Waals surface area contributed by atoms with Crippen LogP contribution in [0.25, 0.3) is 10.9 Å². The standard InChI is InChI=1S/C36H45N9O3/c1-21(2)32-39-19-25(42-32)15-28(37)34(46)44-30(14-24-18-38-29-13-9-8-12-27(24)29)36(48)45-31(16-26-20-40-33(43-26)22(3)4)35(47)41-17-23-10-6-5-7-11-23/h5-13,18-22,28,30-31,38H,14-17,37H2,1-4H3,(H,39,42)(H,40,43)(H,41,47)(H,44,46)(H,45,48)/t28-,30-,31-/m0/s1. The summed E-state index contributed by atoms with van der Waals surface area (Å²) in [5.41, 5.74) is 10.5. The van der Waals surface area contributed by atoms with Crippen LogP contribution in [-0.4, -0.2) is 60.8 Å². The lowest BCUT2D eigenvalue weighted by molar-refractivity contribution is -0.132. The monoisotopic (exact) mass is 651 g/mol. The molecule has 252 valence electrons. The number of hydrogen-bond donors (Lipinski definition) is 7. The van der Waals surface area contributed by atoms with Crippen LogP contribution in [0.3, 0.4) is 0 Å². The highest BCUT2D eigenvalue weighted by Gasteiger charge is 2.30. The molecule has 0 spiro atoms. The normalized spacial score (nSPS) is 13.4. The van der Waals surface area contributed by atoms with Gasteiger partial charge in [-0.15, -0.1) is 0 Å². The number of nitrogens with one attached hydrogen (secondary N) is 6. The van der Waals surface area contributed by atoms with Crippen molar-refractivity contribution in [1.29, 1.82) is 0 Å². The first-order chi connectivity index (χ1) is 23.1. The summed E-state index contributed by atoms with van der Waals surface area (Å²) < 4.78 is 0. The minimum absolute atomic E-state index is 0.164. The third-order valence-corrected chi connectivity index (χ3v) is 8.27. The largest absolute Gasteiger partial charge is 0.361 e. The van der Waals surface area contributed by atoms with E-state index in [0.717, 1.165) is 39.4 Å². The van der Waals surface area contributed by atoms with E-state index in [2.05, 4.69) is 40.9 Å². The Hall–Kier alpha value is -5.23. The fourth-order valence-electron chi connectivity index (χ4n) is 5.50. The predicted molar refractivity (Wildman–Crippen MR) is 185 cm³/mol. The van der Waals surface area contributed by atoms with Crippen LogP contribution in [0, 0.1) is 0 Å². The van der Waals surface area contributed by atoms with Gasteiger partial charge in [-0.25, -0.2) is 9.97 Å². The van der Waals surface area contributed by atoms with E-state index in [0.29, 0.717) is 12.2 Å². The van der Waals surface area contributed by atoms with E-state index < -0.39 is 29.9 Å². The molecule has 5 aromatic rings. The smallest absolute Gasteiger partial charge is 0.243 e. The zero-order chi connectivity index (χ0) is 34.2. The van der Waals surface area contributed by atoms with Crippen molar-refractivity contribution in [1.82, 2.24) is 40.9 Å². The Kier molecular flexibility index (Phi) is 11.1. The highest BCUT2D eigenvalue weighted by molar-refractivity contribution is 5.94. The zero-order valence-electron chi connectivity index (χ0n) is 27.8. The molecule has 0 aliphatic heterocycles. The lowest BCUT2D eigenvalue weighted by Crippen LogP contribution is -2.57. The van der Waals surface area contributed by atoms with Gasteiger partial charge in [-0.2, -0.15) is 0 Å². The average Bonchev–Trinajstić information content (AvgIpc) is 3.84. The van der Waals surface area contributed by atoms with Gasteiger partial charge in [0.1, 0.15) is 23.7 Å². The minimum Gasteiger partial charge on any atom is -0.361 e. The molecule has 3 aromatic heterocycles. The summed E-state index contributed by atoms with van der Waals surface area (Å²) in [6.07, 6.45) is 5.76. The molecule has 0 bridgehead atoms. The maximum absolute atomic E-state index is 14.1. The summed E-state index contributed by atoms with van der Waals surface area (Å²) >= 11 is 0. The lowest BCUT2D eigenvalue weighted by atomic mass is 10.0. The number of imidazole rings is 2. The SMILES string of the molecule is CC(C)c1ncc(C[C@H](NC(=O)[C@H](Cc2c[nH]c3ccccc23)NC(=O)[C@@H](N)Cc2cnc(C(C)C)[nH]2)C(=O)NCc2ccccc2)[nH]1. The number of rotatable bonds is 15. The van der Waals surface area contributed by atoms with Gasteiger partial charge in [0, 0.05) is 78.5 Å². The molecule has 2 aromatic carbocycles. The number of amides is 3. The molecule has 0 unspecified atom stereocenters. The van der Waals surface area contributed by atoms with E-state index in [9.17, 15) is 14.4 Å². The first-order valence-electron chi connectivity index (χ1n) is 16.4. The highest BCUT2D eigenvalue weighted by Crippen LogP contribution is 2.20. The number of aromatic nitrogens is 5. The topological polar surface area (TPSA) is 186 Å². The summed E-state index contributed by atoms with van der Waals surface area (Å²) in [4.78, 5) is 59.7. The van der Waals surface area contributed by atoms with Crippen molar-refractivity contribution in [2.45, 2.75) is 83.5 Å². The summed E-state index contributed by atoms with van der Waals surface area (Å²) in [7, 11) is 0. The number of para-hydroxylation sites is 1. The maximum atomic E-state index is 14.1. The van der Waals surface area contributed by atoms with Gasteiger partial charge in [-0.1, -0.05) is 76.2 Å². The molecule has 8 N–H and O–H groups in total. The van der Waals surface area contributed by atoms with Crippen molar-refractivity contribution in [2.24, 2.45) is 5.73 Å². The van der Waals surface area contributed by atoms with E-state index in [-0.39, 0.29) is 37.0 Å². The molecule has 0 fully saturated rings. The van der Waals surface area contributed by atoms with Gasteiger partial charge in [0.05, 0.1) is 6.04 Å². The fourth-order valence-corrected chi connectivity index (χ4v) is 5.50. The van der Waals surface area contributed by atoms with Crippen LogP contribution >= 0.6 is 0 Å². The van der Waals surface area contributed by atoms with Crippen molar-refractivity contribution in [3.8, 4) is 0 Å². The highest BCUT2D eigenvalue weighted by atomic mass is 16.2. The Balaban J connectivity index is 1.36. The molecule has 0 radical (unpaired) electrons. The molecule has 0 saturated carbocycles. The molecule has 0 aliphatic carbocycles. The fraction of sp³-hybridized carbons (Fsp3) is 0.361. The number of H-pyrrole nitrogens is 3. The average molecular weight is 652 g/mol. The Morgan fingerprint density at radius 1 is 0.729 bits per heavy atom. The summed E-state index contributed by atoms with van der Waals surface area (Å²) in [5, 5.41) is 9.69. The van der Waals surface area contributed by atoms with Gasteiger partial charge in [-0.05, 0) is 17.2 Å². The number of nitrogens with zero attached hydrogens (tertiary/aromatic N) is 2. The number of aromatic amines is 3. The van der Waals surface area contributed by atoms with Crippen LogP contribution in [-0.2, 0) is 40.2 Å². The predicted octanol–water partition coefficient (Wildman–Crippen LogP) is 3.50. The second-order valence-corrected chi connectivity index (χ2v) is 12.8. The van der Waals surface area contributed by atoms with Crippen molar-refractivity contribution >= 4 is 28.6 Å². The first kappa shape index (κ1) is 34.1. The Labute approximate surface area is 280 Å². The number of hydrogen-bond acceptors (Lipinski definition) is 6. The Bertz CT molecular complexity index is 1820. The van der Waals surface area contributed by atoms with Crippen molar-refractivity contribution in [2.75, 3.05) is 0 Å². The number of benzene rings is 2. The maximum Gasteiger partial charge on any atom is 0.243 e. The molecule has 3 heterocycles. The van der Waals surface area contributed by atoms with Gasteiger partial charge >= 0.3 is 0 Å². The summed E-state index contributed by atoms with van der Waals surface area (Å²) in [6, 6.07) is 14.4. The van der Waals surface area contributed by atoms with Crippen molar-refractivity contribution < 1.29 is 14.4 Å².